The van der Waals surface area contributed by atoms with Gasteiger partial charge in [0.2, 0.25) is 0 Å². The molecule has 6 heteroatoms. The summed E-state index contributed by atoms with van der Waals surface area (Å²) in [6.45, 7) is 1.46. The molecule has 0 aromatic heterocycles. The number of nitro benzene ring substituents is 1. The van der Waals surface area contributed by atoms with Crippen molar-refractivity contribution in [2.24, 2.45) is 5.73 Å². The van der Waals surface area contributed by atoms with Crippen molar-refractivity contribution < 1.29 is 4.92 Å². The van der Waals surface area contributed by atoms with E-state index in [0.29, 0.717) is 17.3 Å². The van der Waals surface area contributed by atoms with E-state index in [2.05, 4.69) is 0 Å². The van der Waals surface area contributed by atoms with Crippen molar-refractivity contribution in [1.29, 1.82) is 0 Å². The molecule has 2 rings (SSSR count). The van der Waals surface area contributed by atoms with Gasteiger partial charge in [0.25, 0.3) is 5.69 Å². The first kappa shape index (κ1) is 12.1. The summed E-state index contributed by atoms with van der Waals surface area (Å²) in [6, 6.07) is 4.83. The number of nitrogens with zero attached hydrogens (tertiary/aromatic N) is 2. The molecule has 1 aromatic carbocycles. The molecule has 1 aromatic rings. The Balaban J connectivity index is 2.33. The molecule has 1 fully saturated rings. The van der Waals surface area contributed by atoms with E-state index in [1.54, 1.807) is 12.1 Å². The van der Waals surface area contributed by atoms with Gasteiger partial charge in [-0.2, -0.15) is 0 Å². The summed E-state index contributed by atoms with van der Waals surface area (Å²) in [6.07, 6.45) is 1.93. The Hall–Kier alpha value is -1.33. The van der Waals surface area contributed by atoms with Crippen LogP contribution < -0.4 is 10.6 Å². The number of hydrogen-bond acceptors (Lipinski definition) is 4. The first-order valence-corrected chi connectivity index (χ1v) is 5.90. The molecule has 0 spiro atoms. The third-order valence-corrected chi connectivity index (χ3v) is 3.17. The Labute approximate surface area is 104 Å². The Bertz CT molecular complexity index is 439. The predicted molar refractivity (Wildman–Crippen MR) is 67.5 cm³/mol. The summed E-state index contributed by atoms with van der Waals surface area (Å²) in [4.78, 5) is 12.5. The predicted octanol–water partition coefficient (Wildman–Crippen LogP) is 2.18. The second kappa shape index (κ2) is 4.89. The van der Waals surface area contributed by atoms with E-state index in [1.165, 1.54) is 6.07 Å². The number of anilines is 1. The number of nitro groups is 1. The van der Waals surface area contributed by atoms with Gasteiger partial charge in [0.05, 0.1) is 4.92 Å². The van der Waals surface area contributed by atoms with Crippen molar-refractivity contribution in [2.75, 3.05) is 18.0 Å². The van der Waals surface area contributed by atoms with E-state index in [0.717, 1.165) is 19.4 Å². The molecule has 1 aliphatic rings. The van der Waals surface area contributed by atoms with E-state index >= 15 is 0 Å². The lowest BCUT2D eigenvalue weighted by Crippen LogP contribution is -2.43. The second-order valence-electron chi connectivity index (χ2n) is 4.24. The van der Waals surface area contributed by atoms with Crippen molar-refractivity contribution >= 4 is 23.0 Å². The maximum Gasteiger partial charge on any atom is 0.294 e. The molecule has 1 aliphatic heterocycles. The minimum atomic E-state index is -0.401. The van der Waals surface area contributed by atoms with Crippen molar-refractivity contribution in [2.45, 2.75) is 18.9 Å². The van der Waals surface area contributed by atoms with E-state index in [-0.39, 0.29) is 11.7 Å². The number of hydrogen-bond donors (Lipinski definition) is 1. The van der Waals surface area contributed by atoms with Crippen LogP contribution in [0.5, 0.6) is 0 Å². The lowest BCUT2D eigenvalue weighted by molar-refractivity contribution is -0.384. The van der Waals surface area contributed by atoms with Crippen LogP contribution in [0.15, 0.2) is 18.2 Å². The van der Waals surface area contributed by atoms with Gasteiger partial charge >= 0.3 is 0 Å². The molecule has 1 saturated heterocycles. The molecular weight excluding hydrogens is 242 g/mol. The normalized spacial score (nSPS) is 20.4. The Morgan fingerprint density at radius 3 is 2.94 bits per heavy atom. The highest BCUT2D eigenvalue weighted by atomic mass is 35.5. The first-order chi connectivity index (χ1) is 8.08. The highest BCUT2D eigenvalue weighted by Crippen LogP contribution is 2.32. The van der Waals surface area contributed by atoms with Crippen LogP contribution in [0.1, 0.15) is 12.8 Å². The van der Waals surface area contributed by atoms with Crippen molar-refractivity contribution in [3.63, 3.8) is 0 Å². The summed E-state index contributed by atoms with van der Waals surface area (Å²) in [5, 5.41) is 11.4. The van der Waals surface area contributed by atoms with Gasteiger partial charge in [0.15, 0.2) is 0 Å². The fourth-order valence-corrected chi connectivity index (χ4v) is 2.31. The number of piperidine rings is 1. The zero-order chi connectivity index (χ0) is 12.4. The largest absolute Gasteiger partial charge is 0.364 e. The lowest BCUT2D eigenvalue weighted by Gasteiger charge is -2.32. The molecular formula is C11H14ClN3O2. The molecule has 5 nitrogen and oxygen atoms in total. The molecule has 17 heavy (non-hydrogen) atoms. The number of nitrogens with two attached hydrogens (primary N) is 1. The average Bonchev–Trinajstić information content (AvgIpc) is 2.28. The van der Waals surface area contributed by atoms with E-state index < -0.39 is 4.92 Å². The van der Waals surface area contributed by atoms with Gasteiger partial charge in [-0.3, -0.25) is 10.1 Å². The van der Waals surface area contributed by atoms with Crippen LogP contribution in [0.4, 0.5) is 11.4 Å². The molecule has 1 heterocycles. The monoisotopic (exact) mass is 255 g/mol. The van der Waals surface area contributed by atoms with Gasteiger partial charge in [-0.05, 0) is 25.0 Å². The summed E-state index contributed by atoms with van der Waals surface area (Å²) in [5.41, 5.74) is 6.53. The molecule has 0 radical (unpaired) electrons. The minimum absolute atomic E-state index is 0.0478. The van der Waals surface area contributed by atoms with Crippen LogP contribution in [0.25, 0.3) is 0 Å². The maximum absolute atomic E-state index is 11.0. The minimum Gasteiger partial charge on any atom is -0.364 e. The Morgan fingerprint density at radius 1 is 1.53 bits per heavy atom. The fourth-order valence-electron chi connectivity index (χ4n) is 2.14. The number of halogens is 1. The average molecular weight is 256 g/mol. The summed E-state index contributed by atoms with van der Waals surface area (Å²) >= 11 is 5.78. The summed E-state index contributed by atoms with van der Waals surface area (Å²) in [5.74, 6) is 0. The first-order valence-electron chi connectivity index (χ1n) is 5.52. The van der Waals surface area contributed by atoms with Crippen LogP contribution in [-0.2, 0) is 0 Å². The van der Waals surface area contributed by atoms with Crippen LogP contribution >= 0.6 is 11.6 Å². The summed E-state index contributed by atoms with van der Waals surface area (Å²) < 4.78 is 0. The second-order valence-corrected chi connectivity index (χ2v) is 4.67. The van der Waals surface area contributed by atoms with Crippen molar-refractivity contribution in [1.82, 2.24) is 0 Å². The fraction of sp³-hybridized carbons (Fsp3) is 0.455. The standard InChI is InChI=1S/C11H14ClN3O2/c12-8-3-4-10(11(6-8)15(16)17)14-5-1-2-9(13)7-14/h3-4,6,9H,1-2,5,7,13H2. The lowest BCUT2D eigenvalue weighted by atomic mass is 10.1. The third kappa shape index (κ3) is 2.68. The zero-order valence-electron chi connectivity index (χ0n) is 9.30. The molecule has 0 saturated carbocycles. The van der Waals surface area contributed by atoms with Crippen LogP contribution in [0, 0.1) is 10.1 Å². The Kier molecular flexibility index (Phi) is 3.49. The van der Waals surface area contributed by atoms with Gasteiger partial charge in [-0.15, -0.1) is 0 Å². The van der Waals surface area contributed by atoms with Crippen LogP contribution in [0.3, 0.4) is 0 Å². The molecule has 92 valence electrons. The quantitative estimate of drug-likeness (QED) is 0.649. The molecule has 0 bridgehead atoms. The topological polar surface area (TPSA) is 72.4 Å². The van der Waals surface area contributed by atoms with Gasteiger partial charge in [0.1, 0.15) is 5.69 Å². The SMILES string of the molecule is NC1CCCN(c2ccc(Cl)cc2[N+](=O)[O-])C1. The van der Waals surface area contributed by atoms with Crippen LogP contribution in [0.2, 0.25) is 5.02 Å². The van der Waals surface area contributed by atoms with Crippen LogP contribution in [-0.4, -0.2) is 24.1 Å². The van der Waals surface area contributed by atoms with Gasteiger partial charge in [-0.1, -0.05) is 11.6 Å². The van der Waals surface area contributed by atoms with Gasteiger partial charge < -0.3 is 10.6 Å². The molecule has 1 unspecified atom stereocenters. The zero-order valence-corrected chi connectivity index (χ0v) is 10.1. The van der Waals surface area contributed by atoms with E-state index in [1.807, 2.05) is 4.90 Å². The Morgan fingerprint density at radius 2 is 2.29 bits per heavy atom. The third-order valence-electron chi connectivity index (χ3n) is 2.93. The number of rotatable bonds is 2. The van der Waals surface area contributed by atoms with Crippen molar-refractivity contribution in [3.8, 4) is 0 Å². The molecule has 2 N–H and O–H groups in total. The van der Waals surface area contributed by atoms with E-state index in [4.69, 9.17) is 17.3 Å². The molecule has 1 atom stereocenters. The highest BCUT2D eigenvalue weighted by molar-refractivity contribution is 6.30. The van der Waals surface area contributed by atoms with Gasteiger partial charge in [0, 0.05) is 30.2 Å². The summed E-state index contributed by atoms with van der Waals surface area (Å²) in [7, 11) is 0. The molecule has 0 aliphatic carbocycles. The van der Waals surface area contributed by atoms with E-state index in [9.17, 15) is 10.1 Å². The van der Waals surface area contributed by atoms with Gasteiger partial charge in [-0.25, -0.2) is 0 Å². The molecule has 0 amide bonds. The maximum atomic E-state index is 11.0. The highest BCUT2D eigenvalue weighted by Gasteiger charge is 2.23. The smallest absolute Gasteiger partial charge is 0.294 e. The number of benzene rings is 1. The van der Waals surface area contributed by atoms with Crippen molar-refractivity contribution in [3.05, 3.63) is 33.3 Å².